The van der Waals surface area contributed by atoms with Gasteiger partial charge in [0.15, 0.2) is 0 Å². The highest BCUT2D eigenvalue weighted by Crippen LogP contribution is 2.24. The predicted octanol–water partition coefficient (Wildman–Crippen LogP) is 1.77. The second-order valence-corrected chi connectivity index (χ2v) is 4.02. The molecule has 1 aliphatic heterocycles. The van der Waals surface area contributed by atoms with Crippen LogP contribution < -0.4 is 0 Å². The minimum atomic E-state index is -2.25. The summed E-state index contributed by atoms with van der Waals surface area (Å²) in [5.74, 6) is 0. The summed E-state index contributed by atoms with van der Waals surface area (Å²) in [6.45, 7) is 1.25. The van der Waals surface area contributed by atoms with Gasteiger partial charge in [-0.1, -0.05) is 4.49 Å². The molecule has 6 heteroatoms. The molecule has 0 radical (unpaired) electrons. The van der Waals surface area contributed by atoms with Crippen LogP contribution in [0.2, 0.25) is 0 Å². The lowest BCUT2D eigenvalue weighted by molar-refractivity contribution is 0.0435. The van der Waals surface area contributed by atoms with Gasteiger partial charge in [0.2, 0.25) is 0 Å². The molecule has 3 nitrogen and oxygen atoms in total. The fourth-order valence-corrected chi connectivity index (χ4v) is 2.24. The van der Waals surface area contributed by atoms with Crippen LogP contribution >= 0.6 is 11.5 Å². The number of alkyl halides is 2. The minimum Gasteiger partial charge on any atom is -0.289 e. The molecule has 14 heavy (non-hydrogen) atoms. The molecule has 1 aromatic heterocycles. The summed E-state index contributed by atoms with van der Waals surface area (Å²) in [6.07, 6.45) is -0.800. The van der Waals surface area contributed by atoms with Gasteiger partial charge in [0.05, 0.1) is 11.7 Å². The van der Waals surface area contributed by atoms with E-state index in [-0.39, 0.29) is 0 Å². The molecule has 2 heterocycles. The number of nitrogens with zero attached hydrogens (tertiary/aromatic N) is 3. The maximum atomic E-state index is 12.5. The van der Waals surface area contributed by atoms with Crippen LogP contribution in [0.25, 0.3) is 0 Å². The largest absolute Gasteiger partial charge is 0.289 e. The predicted molar refractivity (Wildman–Crippen MR) is 49.3 cm³/mol. The Labute approximate surface area is 84.9 Å². The first-order valence-electron chi connectivity index (χ1n) is 4.55. The zero-order chi connectivity index (χ0) is 9.97. The topological polar surface area (TPSA) is 29.0 Å². The van der Waals surface area contributed by atoms with Crippen LogP contribution in [0.4, 0.5) is 8.78 Å². The number of rotatable bonds is 3. The van der Waals surface area contributed by atoms with Crippen molar-refractivity contribution in [2.45, 2.75) is 31.9 Å². The quantitative estimate of drug-likeness (QED) is 0.775. The van der Waals surface area contributed by atoms with Crippen LogP contribution in [0.5, 0.6) is 0 Å². The van der Waals surface area contributed by atoms with Crippen molar-refractivity contribution in [2.24, 2.45) is 0 Å². The first-order chi connectivity index (χ1) is 6.77. The van der Waals surface area contributed by atoms with Gasteiger partial charge in [0, 0.05) is 11.9 Å². The molecule has 0 N–H and O–H groups in total. The van der Waals surface area contributed by atoms with E-state index in [1.807, 2.05) is 0 Å². The third kappa shape index (κ3) is 2.06. The lowest BCUT2D eigenvalue weighted by Crippen LogP contribution is -2.34. The van der Waals surface area contributed by atoms with E-state index in [0.717, 1.165) is 18.7 Å². The fraction of sp³-hybridized carbons (Fsp3) is 0.750. The van der Waals surface area contributed by atoms with Crippen molar-refractivity contribution in [2.75, 3.05) is 6.54 Å². The Morgan fingerprint density at radius 3 is 3.14 bits per heavy atom. The molecular formula is C8H11F2N3S. The van der Waals surface area contributed by atoms with Crippen molar-refractivity contribution < 1.29 is 8.78 Å². The molecule has 0 unspecified atom stereocenters. The highest BCUT2D eigenvalue weighted by molar-refractivity contribution is 7.03. The average molecular weight is 219 g/mol. The van der Waals surface area contributed by atoms with Crippen molar-refractivity contribution in [3.8, 4) is 0 Å². The van der Waals surface area contributed by atoms with Crippen molar-refractivity contribution in [1.82, 2.24) is 14.5 Å². The van der Waals surface area contributed by atoms with Crippen LogP contribution in [0.1, 0.15) is 18.5 Å². The van der Waals surface area contributed by atoms with Crippen molar-refractivity contribution in [3.05, 3.63) is 11.1 Å². The van der Waals surface area contributed by atoms with Crippen LogP contribution in [0.15, 0.2) is 5.38 Å². The molecule has 2 rings (SSSR count). The zero-order valence-corrected chi connectivity index (χ0v) is 8.38. The number of likely N-dealkylation sites (tertiary alicyclic amines) is 1. The number of hydrogen-bond donors (Lipinski definition) is 0. The Morgan fingerprint density at radius 1 is 1.64 bits per heavy atom. The first-order valence-corrected chi connectivity index (χ1v) is 5.39. The second kappa shape index (κ2) is 4.27. The first kappa shape index (κ1) is 9.92. The molecule has 1 atom stereocenters. The Balaban J connectivity index is 1.97. The van der Waals surface area contributed by atoms with E-state index in [2.05, 4.69) is 9.59 Å². The second-order valence-electron chi connectivity index (χ2n) is 3.41. The van der Waals surface area contributed by atoms with Crippen LogP contribution in [-0.4, -0.2) is 33.5 Å². The van der Waals surface area contributed by atoms with Crippen molar-refractivity contribution in [3.63, 3.8) is 0 Å². The lowest BCUT2D eigenvalue weighted by Gasteiger charge is -2.22. The van der Waals surface area contributed by atoms with Gasteiger partial charge in [0.25, 0.3) is 6.43 Å². The van der Waals surface area contributed by atoms with Gasteiger partial charge in [-0.15, -0.1) is 5.10 Å². The van der Waals surface area contributed by atoms with E-state index in [4.69, 9.17) is 0 Å². The molecule has 0 saturated carbocycles. The van der Waals surface area contributed by atoms with Crippen molar-refractivity contribution in [1.29, 1.82) is 0 Å². The van der Waals surface area contributed by atoms with E-state index in [9.17, 15) is 8.78 Å². The molecule has 1 fully saturated rings. The van der Waals surface area contributed by atoms with E-state index >= 15 is 0 Å². The molecule has 1 aliphatic rings. The van der Waals surface area contributed by atoms with E-state index < -0.39 is 12.5 Å². The molecule has 1 aromatic rings. The summed E-state index contributed by atoms with van der Waals surface area (Å²) in [4.78, 5) is 1.79. The highest BCUT2D eigenvalue weighted by Gasteiger charge is 2.31. The molecule has 0 aromatic carbocycles. The Hall–Kier alpha value is -0.620. The monoisotopic (exact) mass is 219 g/mol. The molecule has 0 spiro atoms. The molecule has 0 aliphatic carbocycles. The summed E-state index contributed by atoms with van der Waals surface area (Å²) < 4.78 is 28.8. The zero-order valence-electron chi connectivity index (χ0n) is 7.57. The van der Waals surface area contributed by atoms with Gasteiger partial charge in [-0.2, -0.15) is 0 Å². The third-order valence-electron chi connectivity index (χ3n) is 2.48. The maximum absolute atomic E-state index is 12.5. The average Bonchev–Trinajstić information content (AvgIpc) is 2.75. The third-order valence-corrected chi connectivity index (χ3v) is 3.03. The van der Waals surface area contributed by atoms with Gasteiger partial charge < -0.3 is 0 Å². The van der Waals surface area contributed by atoms with Crippen LogP contribution in [0.3, 0.4) is 0 Å². The van der Waals surface area contributed by atoms with Gasteiger partial charge in [-0.05, 0) is 30.9 Å². The lowest BCUT2D eigenvalue weighted by atomic mass is 10.2. The van der Waals surface area contributed by atoms with Crippen molar-refractivity contribution >= 4 is 11.5 Å². The van der Waals surface area contributed by atoms with Crippen LogP contribution in [-0.2, 0) is 6.54 Å². The van der Waals surface area contributed by atoms with E-state index in [1.54, 1.807) is 10.3 Å². The van der Waals surface area contributed by atoms with Gasteiger partial charge >= 0.3 is 0 Å². The summed E-state index contributed by atoms with van der Waals surface area (Å²) >= 11 is 1.26. The summed E-state index contributed by atoms with van der Waals surface area (Å²) in [5, 5.41) is 5.66. The maximum Gasteiger partial charge on any atom is 0.253 e. The summed E-state index contributed by atoms with van der Waals surface area (Å²) in [5.41, 5.74) is 0.794. The Morgan fingerprint density at radius 2 is 2.50 bits per heavy atom. The SMILES string of the molecule is FC(F)[C@H]1CCCN1Cc1csnn1. The highest BCUT2D eigenvalue weighted by atomic mass is 32.1. The van der Waals surface area contributed by atoms with Gasteiger partial charge in [-0.25, -0.2) is 8.78 Å². The van der Waals surface area contributed by atoms with Gasteiger partial charge in [0.1, 0.15) is 0 Å². The molecular weight excluding hydrogens is 208 g/mol. The van der Waals surface area contributed by atoms with E-state index in [1.165, 1.54) is 11.5 Å². The number of halogens is 2. The normalized spacial score (nSPS) is 23.5. The van der Waals surface area contributed by atoms with E-state index in [0.29, 0.717) is 13.0 Å². The smallest absolute Gasteiger partial charge is 0.253 e. The molecule has 0 amide bonds. The standard InChI is InChI=1S/C8H11F2N3S/c9-8(10)7-2-1-3-13(7)4-6-5-14-12-11-6/h5,7-8H,1-4H2/t7-/m1/s1. The van der Waals surface area contributed by atoms with Gasteiger partial charge in [-0.3, -0.25) is 4.90 Å². The molecule has 78 valence electrons. The Bertz CT molecular complexity index is 278. The number of aromatic nitrogens is 2. The molecule has 0 bridgehead atoms. The van der Waals surface area contributed by atoms with Crippen LogP contribution in [0, 0.1) is 0 Å². The summed E-state index contributed by atoms with van der Waals surface area (Å²) in [7, 11) is 0. The fourth-order valence-electron chi connectivity index (χ4n) is 1.79. The number of hydrogen-bond acceptors (Lipinski definition) is 4. The molecule has 1 saturated heterocycles. The summed E-state index contributed by atoms with van der Waals surface area (Å²) in [6, 6.07) is -0.586. The minimum absolute atomic E-state index is 0.505. The Kier molecular flexibility index (Phi) is 3.02.